The van der Waals surface area contributed by atoms with Crippen molar-refractivity contribution in [1.29, 1.82) is 0 Å². The molecule has 0 bridgehead atoms. The average molecular weight is 380 g/mol. The van der Waals surface area contributed by atoms with Crippen molar-refractivity contribution in [2.45, 2.75) is 20.8 Å². The molecule has 0 saturated carbocycles. The van der Waals surface area contributed by atoms with Gasteiger partial charge in [0.25, 0.3) is 5.91 Å². The lowest BCUT2D eigenvalue weighted by Gasteiger charge is -2.09. The molecule has 3 rings (SSSR count). The van der Waals surface area contributed by atoms with Crippen molar-refractivity contribution in [3.05, 3.63) is 69.9 Å². The summed E-state index contributed by atoms with van der Waals surface area (Å²) in [5.41, 5.74) is 4.88. The molecule has 0 radical (unpaired) electrons. The second-order valence-electron chi connectivity index (χ2n) is 6.22. The molecule has 0 aliphatic carbocycles. The van der Waals surface area contributed by atoms with Gasteiger partial charge in [-0.05, 0) is 49.6 Å². The first-order valence-electron chi connectivity index (χ1n) is 8.43. The van der Waals surface area contributed by atoms with Crippen molar-refractivity contribution in [2.75, 3.05) is 12.4 Å². The Bertz CT molecular complexity index is 1010. The zero-order valence-electron chi connectivity index (χ0n) is 15.6. The molecule has 2 aromatic heterocycles. The second-order valence-corrected chi connectivity index (χ2v) is 7.44. The minimum atomic E-state index is -0.474. The van der Waals surface area contributed by atoms with Crippen molar-refractivity contribution in [3.8, 4) is 11.1 Å². The van der Waals surface area contributed by atoms with E-state index in [0.29, 0.717) is 16.1 Å². The van der Waals surface area contributed by atoms with Crippen LogP contribution in [0.1, 0.15) is 36.7 Å². The van der Waals surface area contributed by atoms with Crippen LogP contribution in [0, 0.1) is 20.8 Å². The standard InChI is InChI=1S/C21H20N2O3S/c1-12-5-6-16(11-13(12)2)17-14(3)27-20(18(17)21(25)26-4)23-19(24)15-7-9-22-10-8-15/h5-11H,1-4H3,(H,23,24). The second kappa shape index (κ2) is 7.72. The normalized spacial score (nSPS) is 10.5. The summed E-state index contributed by atoms with van der Waals surface area (Å²) in [7, 11) is 1.34. The van der Waals surface area contributed by atoms with Crippen LogP contribution >= 0.6 is 11.3 Å². The lowest BCUT2D eigenvalue weighted by atomic mass is 9.97. The maximum atomic E-state index is 12.5. The number of nitrogens with zero attached hydrogens (tertiary/aromatic N) is 1. The van der Waals surface area contributed by atoms with Crippen LogP contribution in [-0.4, -0.2) is 24.0 Å². The number of anilines is 1. The monoisotopic (exact) mass is 380 g/mol. The van der Waals surface area contributed by atoms with Crippen molar-refractivity contribution in [1.82, 2.24) is 4.98 Å². The smallest absolute Gasteiger partial charge is 0.341 e. The first kappa shape index (κ1) is 18.8. The summed E-state index contributed by atoms with van der Waals surface area (Å²) in [6.07, 6.45) is 3.10. The van der Waals surface area contributed by atoms with Crippen molar-refractivity contribution < 1.29 is 14.3 Å². The van der Waals surface area contributed by atoms with Crippen molar-refractivity contribution >= 4 is 28.2 Å². The van der Waals surface area contributed by atoms with E-state index in [9.17, 15) is 9.59 Å². The van der Waals surface area contributed by atoms with E-state index in [1.54, 1.807) is 24.5 Å². The number of hydrogen-bond donors (Lipinski definition) is 1. The van der Waals surface area contributed by atoms with Gasteiger partial charge in [0.1, 0.15) is 10.6 Å². The van der Waals surface area contributed by atoms with E-state index in [1.807, 2.05) is 39.0 Å². The van der Waals surface area contributed by atoms with Crippen LogP contribution in [0.3, 0.4) is 0 Å². The molecule has 0 unspecified atom stereocenters. The highest BCUT2D eigenvalue weighted by Gasteiger charge is 2.25. The van der Waals surface area contributed by atoms with E-state index < -0.39 is 5.97 Å². The molecule has 6 heteroatoms. The molecule has 3 aromatic rings. The van der Waals surface area contributed by atoms with Gasteiger partial charge in [-0.15, -0.1) is 11.3 Å². The number of rotatable bonds is 4. The van der Waals surface area contributed by atoms with Crippen LogP contribution in [0.2, 0.25) is 0 Å². The maximum absolute atomic E-state index is 12.5. The molecular formula is C21H20N2O3S. The molecule has 0 atom stereocenters. The Morgan fingerprint density at radius 3 is 2.37 bits per heavy atom. The number of carbonyl (C=O) groups is 2. The van der Waals surface area contributed by atoms with Crippen LogP contribution in [0.15, 0.2) is 42.7 Å². The summed E-state index contributed by atoms with van der Waals surface area (Å²) in [5, 5.41) is 3.33. The molecule has 5 nitrogen and oxygen atoms in total. The fourth-order valence-corrected chi connectivity index (χ4v) is 3.91. The van der Waals surface area contributed by atoms with Gasteiger partial charge in [-0.1, -0.05) is 18.2 Å². The highest BCUT2D eigenvalue weighted by Crippen LogP contribution is 2.41. The third-order valence-corrected chi connectivity index (χ3v) is 5.46. The van der Waals surface area contributed by atoms with E-state index in [0.717, 1.165) is 21.6 Å². The lowest BCUT2D eigenvalue weighted by molar-refractivity contribution is 0.0603. The Hall–Kier alpha value is -2.99. The number of aromatic nitrogens is 1. The number of pyridine rings is 1. The number of esters is 1. The van der Waals surface area contributed by atoms with Gasteiger partial charge in [0.2, 0.25) is 0 Å². The zero-order valence-corrected chi connectivity index (χ0v) is 16.4. The highest BCUT2D eigenvalue weighted by atomic mass is 32.1. The maximum Gasteiger partial charge on any atom is 0.341 e. The largest absolute Gasteiger partial charge is 0.465 e. The minimum absolute atomic E-state index is 0.296. The molecular weight excluding hydrogens is 360 g/mol. The Morgan fingerprint density at radius 2 is 1.74 bits per heavy atom. The molecule has 1 N–H and O–H groups in total. The van der Waals surface area contributed by atoms with Crippen LogP contribution in [0.25, 0.3) is 11.1 Å². The molecule has 0 aliphatic heterocycles. The predicted octanol–water partition coefficient (Wildman–Crippen LogP) is 4.77. The van der Waals surface area contributed by atoms with E-state index in [-0.39, 0.29) is 5.91 Å². The minimum Gasteiger partial charge on any atom is -0.465 e. The molecule has 0 saturated heterocycles. The molecule has 2 heterocycles. The quantitative estimate of drug-likeness (QED) is 0.662. The summed E-state index contributed by atoms with van der Waals surface area (Å²) in [6.45, 7) is 6.01. The van der Waals surface area contributed by atoms with E-state index in [1.165, 1.54) is 24.0 Å². The molecule has 0 fully saturated rings. The first-order chi connectivity index (χ1) is 12.9. The van der Waals surface area contributed by atoms with Crippen LogP contribution in [0.4, 0.5) is 5.00 Å². The zero-order chi connectivity index (χ0) is 19.6. The summed E-state index contributed by atoms with van der Waals surface area (Å²) >= 11 is 1.36. The SMILES string of the molecule is COC(=O)c1c(NC(=O)c2ccncc2)sc(C)c1-c1ccc(C)c(C)c1. The van der Waals surface area contributed by atoms with E-state index >= 15 is 0 Å². The average Bonchev–Trinajstić information content (AvgIpc) is 2.99. The van der Waals surface area contributed by atoms with Gasteiger partial charge in [0.05, 0.1) is 7.11 Å². The van der Waals surface area contributed by atoms with Crippen molar-refractivity contribution in [3.63, 3.8) is 0 Å². The summed E-state index contributed by atoms with van der Waals surface area (Å²) < 4.78 is 5.00. The molecule has 1 aromatic carbocycles. The third kappa shape index (κ3) is 3.75. The van der Waals surface area contributed by atoms with Crippen LogP contribution in [0.5, 0.6) is 0 Å². The number of carbonyl (C=O) groups excluding carboxylic acids is 2. The Balaban J connectivity index is 2.09. The van der Waals surface area contributed by atoms with Gasteiger partial charge in [-0.2, -0.15) is 0 Å². The number of nitrogens with one attached hydrogen (secondary N) is 1. The summed E-state index contributed by atoms with van der Waals surface area (Å²) in [4.78, 5) is 29.9. The van der Waals surface area contributed by atoms with Gasteiger partial charge >= 0.3 is 5.97 Å². The number of benzene rings is 1. The number of aryl methyl sites for hydroxylation is 3. The number of ether oxygens (including phenoxy) is 1. The number of thiophene rings is 1. The van der Waals surface area contributed by atoms with E-state index in [2.05, 4.69) is 10.3 Å². The molecule has 27 heavy (non-hydrogen) atoms. The van der Waals surface area contributed by atoms with Gasteiger partial charge < -0.3 is 10.1 Å². The third-order valence-electron chi connectivity index (χ3n) is 4.44. The Kier molecular flexibility index (Phi) is 5.37. The summed E-state index contributed by atoms with van der Waals surface area (Å²) in [6, 6.07) is 9.30. The predicted molar refractivity (Wildman–Crippen MR) is 107 cm³/mol. The van der Waals surface area contributed by atoms with Gasteiger partial charge in [-0.3, -0.25) is 9.78 Å². The molecule has 0 aliphatic rings. The molecule has 138 valence electrons. The Morgan fingerprint density at radius 1 is 1.04 bits per heavy atom. The van der Waals surface area contributed by atoms with Crippen LogP contribution in [-0.2, 0) is 4.74 Å². The fraction of sp³-hybridized carbons (Fsp3) is 0.190. The van der Waals surface area contributed by atoms with Gasteiger partial charge in [-0.25, -0.2) is 4.79 Å². The fourth-order valence-electron chi connectivity index (χ4n) is 2.85. The van der Waals surface area contributed by atoms with E-state index in [4.69, 9.17) is 4.74 Å². The van der Waals surface area contributed by atoms with Crippen molar-refractivity contribution in [2.24, 2.45) is 0 Å². The highest BCUT2D eigenvalue weighted by molar-refractivity contribution is 7.17. The lowest BCUT2D eigenvalue weighted by Crippen LogP contribution is -2.14. The molecule has 1 amide bonds. The first-order valence-corrected chi connectivity index (χ1v) is 9.24. The van der Waals surface area contributed by atoms with Crippen LogP contribution < -0.4 is 5.32 Å². The van der Waals surface area contributed by atoms with Gasteiger partial charge in [0, 0.05) is 28.4 Å². The Labute approximate surface area is 162 Å². The topological polar surface area (TPSA) is 68.3 Å². The number of hydrogen-bond acceptors (Lipinski definition) is 5. The number of amides is 1. The number of methoxy groups -OCH3 is 1. The summed E-state index contributed by atoms with van der Waals surface area (Å²) in [5.74, 6) is -0.770. The molecule has 0 spiro atoms. The van der Waals surface area contributed by atoms with Gasteiger partial charge in [0.15, 0.2) is 0 Å².